The smallest absolute Gasteiger partial charge is 0.233 e. The Morgan fingerprint density at radius 1 is 1.20 bits per heavy atom. The van der Waals surface area contributed by atoms with E-state index in [1.165, 1.54) is 0 Å². The summed E-state index contributed by atoms with van der Waals surface area (Å²) < 4.78 is 5.36. The van der Waals surface area contributed by atoms with Crippen LogP contribution in [0.1, 0.15) is 18.4 Å². The highest BCUT2D eigenvalue weighted by Crippen LogP contribution is 2.35. The van der Waals surface area contributed by atoms with Gasteiger partial charge >= 0.3 is 0 Å². The minimum Gasteiger partial charge on any atom is -0.378 e. The minimum atomic E-state index is -0.383. The number of rotatable bonds is 2. The fourth-order valence-corrected chi connectivity index (χ4v) is 3.22. The molecule has 1 amide bonds. The van der Waals surface area contributed by atoms with Crippen LogP contribution in [0.5, 0.6) is 0 Å². The Balaban J connectivity index is 1.91. The molecule has 0 spiro atoms. The molecule has 5 nitrogen and oxygen atoms in total. The Hall–Kier alpha value is -1.46. The number of pyridine rings is 1. The van der Waals surface area contributed by atoms with Crippen LogP contribution in [0.25, 0.3) is 0 Å². The predicted molar refractivity (Wildman–Crippen MR) is 75.4 cm³/mol. The van der Waals surface area contributed by atoms with Crippen molar-refractivity contribution in [3.05, 3.63) is 30.1 Å². The Labute approximate surface area is 119 Å². The molecule has 0 atom stereocenters. The second-order valence-corrected chi connectivity index (χ2v) is 5.47. The van der Waals surface area contributed by atoms with Gasteiger partial charge in [-0.05, 0) is 43.6 Å². The summed E-state index contributed by atoms with van der Waals surface area (Å²) in [5, 5.41) is 3.36. The van der Waals surface area contributed by atoms with Gasteiger partial charge in [0.25, 0.3) is 0 Å². The molecule has 2 aliphatic rings. The number of nitrogens with zero attached hydrogens (tertiary/aromatic N) is 2. The molecule has 20 heavy (non-hydrogen) atoms. The highest BCUT2D eigenvalue weighted by Gasteiger charge is 2.43. The molecule has 2 fully saturated rings. The molecule has 0 unspecified atom stereocenters. The van der Waals surface area contributed by atoms with E-state index in [1.807, 2.05) is 17.0 Å². The first-order valence-electron chi connectivity index (χ1n) is 7.31. The van der Waals surface area contributed by atoms with Crippen LogP contribution in [0.2, 0.25) is 0 Å². The van der Waals surface area contributed by atoms with Crippen molar-refractivity contribution < 1.29 is 9.53 Å². The Morgan fingerprint density at radius 2 is 1.85 bits per heavy atom. The van der Waals surface area contributed by atoms with Crippen molar-refractivity contribution in [3.8, 4) is 0 Å². The number of ether oxygens (including phenoxy) is 1. The quantitative estimate of drug-likeness (QED) is 0.857. The average molecular weight is 275 g/mol. The van der Waals surface area contributed by atoms with Crippen LogP contribution in [0.4, 0.5) is 0 Å². The number of hydrogen-bond acceptors (Lipinski definition) is 4. The summed E-state index contributed by atoms with van der Waals surface area (Å²) in [4.78, 5) is 19.1. The third-order valence-corrected chi connectivity index (χ3v) is 4.40. The van der Waals surface area contributed by atoms with Crippen molar-refractivity contribution in [1.29, 1.82) is 0 Å². The molecule has 0 radical (unpaired) electrons. The zero-order chi connectivity index (χ0) is 13.8. The lowest BCUT2D eigenvalue weighted by Crippen LogP contribution is -2.54. The molecule has 0 saturated carbocycles. The van der Waals surface area contributed by atoms with E-state index in [4.69, 9.17) is 4.74 Å². The van der Waals surface area contributed by atoms with Crippen molar-refractivity contribution in [1.82, 2.24) is 15.2 Å². The van der Waals surface area contributed by atoms with Gasteiger partial charge in [-0.25, -0.2) is 0 Å². The molecule has 1 aromatic rings. The third kappa shape index (κ3) is 2.43. The highest BCUT2D eigenvalue weighted by atomic mass is 16.5. The summed E-state index contributed by atoms with van der Waals surface area (Å²) in [5.41, 5.74) is 0.719. The van der Waals surface area contributed by atoms with Gasteiger partial charge in [-0.15, -0.1) is 0 Å². The Kier molecular flexibility index (Phi) is 3.98. The van der Waals surface area contributed by atoms with Crippen molar-refractivity contribution in [3.63, 3.8) is 0 Å². The van der Waals surface area contributed by atoms with Gasteiger partial charge < -0.3 is 15.0 Å². The van der Waals surface area contributed by atoms with E-state index in [2.05, 4.69) is 10.3 Å². The van der Waals surface area contributed by atoms with Gasteiger partial charge in [0.05, 0.1) is 18.6 Å². The SMILES string of the molecule is O=C(N1CCOCC1)C1(c2ccncc2)CCNCC1. The summed E-state index contributed by atoms with van der Waals surface area (Å²) in [6.45, 7) is 4.49. The maximum Gasteiger partial charge on any atom is 0.233 e. The summed E-state index contributed by atoms with van der Waals surface area (Å²) >= 11 is 0. The first-order valence-corrected chi connectivity index (χ1v) is 7.31. The number of carbonyl (C=O) groups excluding carboxylic acids is 1. The maximum atomic E-state index is 13.1. The number of amides is 1. The van der Waals surface area contributed by atoms with E-state index in [-0.39, 0.29) is 11.3 Å². The molecule has 1 aromatic heterocycles. The van der Waals surface area contributed by atoms with Gasteiger partial charge in [-0.1, -0.05) is 0 Å². The average Bonchev–Trinajstić information content (AvgIpc) is 2.56. The third-order valence-electron chi connectivity index (χ3n) is 4.40. The van der Waals surface area contributed by atoms with Crippen molar-refractivity contribution in [2.24, 2.45) is 0 Å². The second kappa shape index (κ2) is 5.89. The summed E-state index contributed by atoms with van der Waals surface area (Å²) in [6, 6.07) is 3.98. The standard InChI is InChI=1S/C15H21N3O2/c19-14(18-9-11-20-12-10-18)15(3-7-17-8-4-15)13-1-5-16-6-2-13/h1-2,5-6,17H,3-4,7-12H2. The molecule has 1 N–H and O–H groups in total. The highest BCUT2D eigenvalue weighted by molar-refractivity contribution is 5.88. The van der Waals surface area contributed by atoms with Crippen LogP contribution in [0, 0.1) is 0 Å². The number of nitrogens with one attached hydrogen (secondary N) is 1. The zero-order valence-corrected chi connectivity index (χ0v) is 11.7. The van der Waals surface area contributed by atoms with E-state index < -0.39 is 0 Å². The second-order valence-electron chi connectivity index (χ2n) is 5.47. The number of morpholine rings is 1. The Morgan fingerprint density at radius 3 is 2.50 bits per heavy atom. The summed E-state index contributed by atoms with van der Waals surface area (Å²) in [7, 11) is 0. The van der Waals surface area contributed by atoms with Crippen molar-refractivity contribution in [2.75, 3.05) is 39.4 Å². The number of hydrogen-bond donors (Lipinski definition) is 1. The molecular weight excluding hydrogens is 254 g/mol. The molecule has 3 heterocycles. The molecule has 2 saturated heterocycles. The maximum absolute atomic E-state index is 13.1. The first-order chi connectivity index (χ1) is 9.83. The van der Waals surface area contributed by atoms with Gasteiger partial charge in [0, 0.05) is 25.5 Å². The molecule has 2 aliphatic heterocycles. The lowest BCUT2D eigenvalue weighted by atomic mass is 9.72. The van der Waals surface area contributed by atoms with E-state index >= 15 is 0 Å². The normalized spacial score (nSPS) is 22.5. The van der Waals surface area contributed by atoms with Gasteiger partial charge in [-0.2, -0.15) is 0 Å². The van der Waals surface area contributed by atoms with Gasteiger partial charge in [0.1, 0.15) is 0 Å². The fraction of sp³-hybridized carbons (Fsp3) is 0.600. The van der Waals surface area contributed by atoms with Crippen LogP contribution in [0.15, 0.2) is 24.5 Å². The van der Waals surface area contributed by atoms with Crippen molar-refractivity contribution in [2.45, 2.75) is 18.3 Å². The lowest BCUT2D eigenvalue weighted by Gasteiger charge is -2.41. The van der Waals surface area contributed by atoms with E-state index in [0.29, 0.717) is 26.3 Å². The van der Waals surface area contributed by atoms with Crippen LogP contribution in [0.3, 0.4) is 0 Å². The van der Waals surface area contributed by atoms with Gasteiger partial charge in [-0.3, -0.25) is 9.78 Å². The van der Waals surface area contributed by atoms with Crippen LogP contribution < -0.4 is 5.32 Å². The molecule has 0 bridgehead atoms. The van der Waals surface area contributed by atoms with Crippen LogP contribution >= 0.6 is 0 Å². The molecule has 0 aromatic carbocycles. The number of aromatic nitrogens is 1. The predicted octanol–water partition coefficient (Wildman–Crippen LogP) is 0.562. The number of piperidine rings is 1. The summed E-state index contributed by atoms with van der Waals surface area (Å²) in [5.74, 6) is 0.258. The van der Waals surface area contributed by atoms with Gasteiger partial charge in [0.2, 0.25) is 5.91 Å². The molecular formula is C15H21N3O2. The summed E-state index contributed by atoms with van der Waals surface area (Å²) in [6.07, 6.45) is 5.28. The van der Waals surface area contributed by atoms with Crippen LogP contribution in [-0.4, -0.2) is 55.2 Å². The molecule has 3 rings (SSSR count). The van der Waals surface area contributed by atoms with Crippen molar-refractivity contribution >= 4 is 5.91 Å². The zero-order valence-electron chi connectivity index (χ0n) is 11.7. The molecule has 5 heteroatoms. The lowest BCUT2D eigenvalue weighted by molar-refractivity contribution is -0.142. The largest absolute Gasteiger partial charge is 0.378 e. The fourth-order valence-electron chi connectivity index (χ4n) is 3.22. The monoisotopic (exact) mass is 275 g/mol. The van der Waals surface area contributed by atoms with E-state index in [1.54, 1.807) is 12.4 Å². The van der Waals surface area contributed by atoms with Crippen LogP contribution in [-0.2, 0) is 14.9 Å². The van der Waals surface area contributed by atoms with E-state index in [9.17, 15) is 4.79 Å². The first kappa shape index (κ1) is 13.5. The van der Waals surface area contributed by atoms with E-state index in [0.717, 1.165) is 31.5 Å². The number of carbonyl (C=O) groups is 1. The molecule has 108 valence electrons. The van der Waals surface area contributed by atoms with Gasteiger partial charge in [0.15, 0.2) is 0 Å². The Bertz CT molecular complexity index is 451. The molecule has 0 aliphatic carbocycles. The topological polar surface area (TPSA) is 54.5 Å². The minimum absolute atomic E-state index is 0.258.